The second-order valence-corrected chi connectivity index (χ2v) is 5.46. The van der Waals surface area contributed by atoms with Crippen LogP contribution in [0.1, 0.15) is 22.3 Å². The summed E-state index contributed by atoms with van der Waals surface area (Å²) in [5.41, 5.74) is 4.83. The molecule has 26 heavy (non-hydrogen) atoms. The smallest absolute Gasteiger partial charge is 0.362 e. The van der Waals surface area contributed by atoms with Crippen molar-refractivity contribution in [3.63, 3.8) is 0 Å². The van der Waals surface area contributed by atoms with E-state index in [0.29, 0.717) is 30.0 Å². The van der Waals surface area contributed by atoms with Gasteiger partial charge in [-0.1, -0.05) is 24.3 Å². The van der Waals surface area contributed by atoms with Crippen LogP contribution in [-0.4, -0.2) is 25.2 Å². The van der Waals surface area contributed by atoms with Gasteiger partial charge in [0.15, 0.2) is 0 Å². The maximum Gasteiger partial charge on any atom is 0.362 e. The molecule has 0 aliphatic rings. The first-order valence-electron chi connectivity index (χ1n) is 8.14. The molecule has 2 aromatic carbocycles. The van der Waals surface area contributed by atoms with Crippen molar-refractivity contribution >= 4 is 17.6 Å². The summed E-state index contributed by atoms with van der Waals surface area (Å²) in [7, 11) is 0. The second kappa shape index (κ2) is 9.88. The number of rotatable bonds is 9. The molecule has 0 atom stereocenters. The molecule has 6 nitrogen and oxygen atoms in total. The van der Waals surface area contributed by atoms with Gasteiger partial charge in [-0.05, 0) is 43.3 Å². The maximum absolute atomic E-state index is 12.0. The van der Waals surface area contributed by atoms with E-state index in [1.807, 2.05) is 31.2 Å². The standard InChI is InChI=1S/C20H21NO5/c1-3-19(22)25-14-4-13-24-18-11-7-16(8-12-18)20(23)26-21-17-9-5-15(2)6-10-17/h3,5-12,21H,1,4,13-14H2,2H3. The van der Waals surface area contributed by atoms with E-state index in [4.69, 9.17) is 14.3 Å². The lowest BCUT2D eigenvalue weighted by atomic mass is 10.2. The summed E-state index contributed by atoms with van der Waals surface area (Å²) in [4.78, 5) is 27.9. The minimum atomic E-state index is -0.492. The van der Waals surface area contributed by atoms with Gasteiger partial charge in [0.25, 0.3) is 0 Å². The molecule has 0 heterocycles. The summed E-state index contributed by atoms with van der Waals surface area (Å²) in [6, 6.07) is 14.1. The molecular weight excluding hydrogens is 334 g/mol. The average Bonchev–Trinajstić information content (AvgIpc) is 2.67. The predicted molar refractivity (Wildman–Crippen MR) is 97.9 cm³/mol. The van der Waals surface area contributed by atoms with E-state index in [-0.39, 0.29) is 6.61 Å². The molecule has 2 aromatic rings. The molecule has 0 fully saturated rings. The Hall–Kier alpha value is -3.28. The average molecular weight is 355 g/mol. The molecule has 0 aliphatic carbocycles. The van der Waals surface area contributed by atoms with Gasteiger partial charge in [0.2, 0.25) is 0 Å². The molecule has 0 unspecified atom stereocenters. The Morgan fingerprint density at radius 2 is 1.73 bits per heavy atom. The van der Waals surface area contributed by atoms with Gasteiger partial charge in [-0.25, -0.2) is 15.1 Å². The minimum Gasteiger partial charge on any atom is -0.493 e. The molecule has 0 aliphatic heterocycles. The van der Waals surface area contributed by atoms with Crippen molar-refractivity contribution < 1.29 is 23.9 Å². The number of hydrogen-bond donors (Lipinski definition) is 1. The lowest BCUT2D eigenvalue weighted by molar-refractivity contribution is -0.137. The van der Waals surface area contributed by atoms with Crippen LogP contribution in [0.15, 0.2) is 61.2 Å². The van der Waals surface area contributed by atoms with E-state index in [2.05, 4.69) is 12.1 Å². The normalized spacial score (nSPS) is 9.88. The molecule has 0 saturated heterocycles. The van der Waals surface area contributed by atoms with Crippen molar-refractivity contribution in [3.8, 4) is 5.75 Å². The van der Waals surface area contributed by atoms with Crippen LogP contribution < -0.4 is 10.2 Å². The Bertz CT molecular complexity index is 738. The number of carbonyl (C=O) groups excluding carboxylic acids is 2. The third-order valence-corrected chi connectivity index (χ3v) is 3.37. The zero-order chi connectivity index (χ0) is 18.8. The van der Waals surface area contributed by atoms with Gasteiger partial charge in [-0.2, -0.15) is 0 Å². The fraction of sp³-hybridized carbons (Fsp3) is 0.200. The van der Waals surface area contributed by atoms with Crippen LogP contribution in [0.2, 0.25) is 0 Å². The van der Waals surface area contributed by atoms with E-state index < -0.39 is 11.9 Å². The number of aryl methyl sites for hydroxylation is 1. The van der Waals surface area contributed by atoms with Gasteiger partial charge < -0.3 is 14.3 Å². The van der Waals surface area contributed by atoms with Crippen LogP contribution in [0.3, 0.4) is 0 Å². The van der Waals surface area contributed by atoms with E-state index in [0.717, 1.165) is 11.6 Å². The van der Waals surface area contributed by atoms with Gasteiger partial charge in [0.05, 0.1) is 24.5 Å². The molecule has 0 spiro atoms. The molecular formula is C20H21NO5. The number of benzene rings is 2. The molecule has 2 rings (SSSR count). The van der Waals surface area contributed by atoms with E-state index in [1.54, 1.807) is 24.3 Å². The highest BCUT2D eigenvalue weighted by molar-refractivity contribution is 5.90. The summed E-state index contributed by atoms with van der Waals surface area (Å²) >= 11 is 0. The van der Waals surface area contributed by atoms with Crippen LogP contribution in [0.4, 0.5) is 5.69 Å². The van der Waals surface area contributed by atoms with Crippen molar-refractivity contribution in [2.24, 2.45) is 0 Å². The molecule has 6 heteroatoms. The van der Waals surface area contributed by atoms with E-state index in [1.165, 1.54) is 0 Å². The zero-order valence-electron chi connectivity index (χ0n) is 14.6. The van der Waals surface area contributed by atoms with Crippen molar-refractivity contribution in [2.75, 3.05) is 18.7 Å². The van der Waals surface area contributed by atoms with Crippen molar-refractivity contribution in [3.05, 3.63) is 72.3 Å². The van der Waals surface area contributed by atoms with Crippen LogP contribution in [0.25, 0.3) is 0 Å². The third-order valence-electron chi connectivity index (χ3n) is 3.37. The van der Waals surface area contributed by atoms with Crippen LogP contribution in [0, 0.1) is 6.92 Å². The first kappa shape index (κ1) is 19.1. The Morgan fingerprint density at radius 1 is 1.04 bits per heavy atom. The topological polar surface area (TPSA) is 73.9 Å². The number of anilines is 1. The summed E-state index contributed by atoms with van der Waals surface area (Å²) in [5, 5.41) is 0. The second-order valence-electron chi connectivity index (χ2n) is 5.46. The molecule has 0 bridgehead atoms. The van der Waals surface area contributed by atoms with Gasteiger partial charge in [0, 0.05) is 12.5 Å². The highest BCUT2D eigenvalue weighted by Gasteiger charge is 2.08. The van der Waals surface area contributed by atoms with E-state index >= 15 is 0 Å². The summed E-state index contributed by atoms with van der Waals surface area (Å²) in [6.07, 6.45) is 1.68. The molecule has 136 valence electrons. The van der Waals surface area contributed by atoms with Crippen LogP contribution >= 0.6 is 0 Å². The summed E-state index contributed by atoms with van der Waals surface area (Å²) < 4.78 is 10.4. The monoisotopic (exact) mass is 355 g/mol. The Kier molecular flexibility index (Phi) is 7.24. The number of ether oxygens (including phenoxy) is 2. The fourth-order valence-electron chi connectivity index (χ4n) is 1.95. The number of esters is 1. The number of carbonyl (C=O) groups is 2. The Morgan fingerprint density at radius 3 is 2.38 bits per heavy atom. The van der Waals surface area contributed by atoms with Crippen LogP contribution in [0.5, 0.6) is 5.75 Å². The largest absolute Gasteiger partial charge is 0.493 e. The predicted octanol–water partition coefficient (Wildman–Crippen LogP) is 3.68. The van der Waals surface area contributed by atoms with Crippen molar-refractivity contribution in [1.29, 1.82) is 0 Å². The molecule has 1 N–H and O–H groups in total. The highest BCUT2D eigenvalue weighted by Crippen LogP contribution is 2.14. The lowest BCUT2D eigenvalue weighted by Gasteiger charge is -2.09. The quantitative estimate of drug-likeness (QED) is 0.320. The van der Waals surface area contributed by atoms with Gasteiger partial charge in [0.1, 0.15) is 5.75 Å². The zero-order valence-corrected chi connectivity index (χ0v) is 14.6. The SMILES string of the molecule is C=CC(=O)OCCCOc1ccc(C(=O)ONc2ccc(C)cc2)cc1. The number of hydrogen-bond acceptors (Lipinski definition) is 6. The van der Waals surface area contributed by atoms with Gasteiger partial charge in [-0.3, -0.25) is 0 Å². The number of nitrogens with one attached hydrogen (secondary N) is 1. The maximum atomic E-state index is 12.0. The molecule has 0 saturated carbocycles. The van der Waals surface area contributed by atoms with Crippen molar-refractivity contribution in [1.82, 2.24) is 0 Å². The van der Waals surface area contributed by atoms with E-state index in [9.17, 15) is 9.59 Å². The first-order valence-corrected chi connectivity index (χ1v) is 8.14. The van der Waals surface area contributed by atoms with Crippen molar-refractivity contribution in [2.45, 2.75) is 13.3 Å². The molecule has 0 radical (unpaired) electrons. The Balaban J connectivity index is 1.73. The highest BCUT2D eigenvalue weighted by atomic mass is 16.7. The third kappa shape index (κ3) is 6.32. The summed E-state index contributed by atoms with van der Waals surface area (Å²) in [5.74, 6) is -0.330. The lowest BCUT2D eigenvalue weighted by Crippen LogP contribution is -2.11. The van der Waals surface area contributed by atoms with Gasteiger partial charge in [-0.15, -0.1) is 0 Å². The molecule has 0 amide bonds. The first-order chi connectivity index (χ1) is 12.6. The minimum absolute atomic E-state index is 0.264. The summed E-state index contributed by atoms with van der Waals surface area (Å²) in [6.45, 7) is 5.95. The van der Waals surface area contributed by atoms with Crippen LogP contribution in [-0.2, 0) is 14.4 Å². The molecule has 0 aromatic heterocycles. The fourth-order valence-corrected chi connectivity index (χ4v) is 1.95. The van der Waals surface area contributed by atoms with Gasteiger partial charge >= 0.3 is 11.9 Å². The Labute approximate surface area is 152 Å².